The van der Waals surface area contributed by atoms with E-state index in [1.807, 2.05) is 25.1 Å². The molecule has 1 unspecified atom stereocenters. The number of hydrogen-bond donors (Lipinski definition) is 0. The Balaban J connectivity index is 1.92. The van der Waals surface area contributed by atoms with Crippen molar-refractivity contribution in [1.29, 1.82) is 0 Å². The molecule has 0 aromatic carbocycles. The minimum Gasteiger partial charge on any atom is -0.469 e. The van der Waals surface area contributed by atoms with E-state index in [1.165, 1.54) is 7.11 Å². The fraction of sp³-hybridized carbons (Fsp3) is 0.538. The molecule has 1 aromatic rings. The van der Waals surface area contributed by atoms with Crippen LogP contribution in [-0.4, -0.2) is 36.1 Å². The number of likely N-dealkylation sites (tertiary alicyclic amines) is 1. The molecule has 1 fully saturated rings. The van der Waals surface area contributed by atoms with Gasteiger partial charge in [0.1, 0.15) is 0 Å². The van der Waals surface area contributed by atoms with E-state index in [4.69, 9.17) is 4.74 Å². The maximum absolute atomic E-state index is 11.4. The number of esters is 1. The van der Waals surface area contributed by atoms with Gasteiger partial charge in [0, 0.05) is 18.8 Å². The van der Waals surface area contributed by atoms with Gasteiger partial charge in [0.05, 0.1) is 18.7 Å². The molecular weight excluding hydrogens is 216 g/mol. The van der Waals surface area contributed by atoms with Gasteiger partial charge in [0.2, 0.25) is 0 Å². The summed E-state index contributed by atoms with van der Waals surface area (Å²) in [5.74, 6) is -0.0606. The lowest BCUT2D eigenvalue weighted by Crippen LogP contribution is -2.24. The second-order valence-corrected chi connectivity index (χ2v) is 4.51. The molecule has 0 amide bonds. The highest BCUT2D eigenvalue weighted by Crippen LogP contribution is 2.19. The van der Waals surface area contributed by atoms with Crippen LogP contribution in [0.5, 0.6) is 0 Å². The van der Waals surface area contributed by atoms with Gasteiger partial charge in [-0.05, 0) is 32.0 Å². The summed E-state index contributed by atoms with van der Waals surface area (Å²) in [4.78, 5) is 18.1. The fourth-order valence-corrected chi connectivity index (χ4v) is 2.25. The summed E-state index contributed by atoms with van der Waals surface area (Å²) in [6, 6.07) is 6.04. The molecule has 0 saturated carbocycles. The third kappa shape index (κ3) is 3.03. The van der Waals surface area contributed by atoms with Crippen molar-refractivity contribution in [2.24, 2.45) is 5.92 Å². The molecule has 2 rings (SSSR count). The van der Waals surface area contributed by atoms with Gasteiger partial charge in [0.15, 0.2) is 0 Å². The Bertz CT molecular complexity index is 406. The first-order chi connectivity index (χ1) is 8.19. The second kappa shape index (κ2) is 5.27. The van der Waals surface area contributed by atoms with Crippen molar-refractivity contribution < 1.29 is 9.53 Å². The molecule has 1 saturated heterocycles. The van der Waals surface area contributed by atoms with Crippen molar-refractivity contribution in [3.05, 3.63) is 29.6 Å². The normalized spacial score (nSPS) is 20.5. The van der Waals surface area contributed by atoms with Gasteiger partial charge in [-0.2, -0.15) is 0 Å². The number of nitrogens with zero attached hydrogens (tertiary/aromatic N) is 2. The first-order valence-electron chi connectivity index (χ1n) is 5.92. The Morgan fingerprint density at radius 1 is 1.59 bits per heavy atom. The third-order valence-electron chi connectivity index (χ3n) is 3.14. The molecule has 1 aliphatic rings. The number of methoxy groups -OCH3 is 1. The SMILES string of the molecule is COC(=O)C1CCN(Cc2cccc(C)n2)C1. The number of carbonyl (C=O) groups excluding carboxylic acids is 1. The standard InChI is InChI=1S/C13H18N2O2/c1-10-4-3-5-12(14-10)9-15-7-6-11(8-15)13(16)17-2/h3-5,11H,6-9H2,1-2H3. The highest BCUT2D eigenvalue weighted by molar-refractivity contribution is 5.72. The summed E-state index contributed by atoms with van der Waals surface area (Å²) in [5.41, 5.74) is 2.10. The van der Waals surface area contributed by atoms with Gasteiger partial charge in [-0.15, -0.1) is 0 Å². The van der Waals surface area contributed by atoms with E-state index >= 15 is 0 Å². The van der Waals surface area contributed by atoms with E-state index in [-0.39, 0.29) is 11.9 Å². The molecule has 0 spiro atoms. The van der Waals surface area contributed by atoms with Crippen molar-refractivity contribution in [2.45, 2.75) is 19.9 Å². The number of rotatable bonds is 3. The predicted octanol–water partition coefficient (Wildman–Crippen LogP) is 1.38. The van der Waals surface area contributed by atoms with E-state index in [2.05, 4.69) is 9.88 Å². The van der Waals surface area contributed by atoms with Crippen LogP contribution in [0.2, 0.25) is 0 Å². The number of aryl methyl sites for hydroxylation is 1. The van der Waals surface area contributed by atoms with Gasteiger partial charge < -0.3 is 4.74 Å². The topological polar surface area (TPSA) is 42.4 Å². The largest absolute Gasteiger partial charge is 0.469 e. The zero-order chi connectivity index (χ0) is 12.3. The average Bonchev–Trinajstić information content (AvgIpc) is 2.76. The molecular formula is C13H18N2O2. The molecule has 17 heavy (non-hydrogen) atoms. The Hall–Kier alpha value is -1.42. The summed E-state index contributed by atoms with van der Waals surface area (Å²) in [5, 5.41) is 0. The quantitative estimate of drug-likeness (QED) is 0.741. The maximum atomic E-state index is 11.4. The van der Waals surface area contributed by atoms with E-state index in [0.29, 0.717) is 0 Å². The summed E-state index contributed by atoms with van der Waals surface area (Å²) in [6.45, 7) is 4.53. The Kier molecular flexibility index (Phi) is 3.74. The molecule has 0 aliphatic carbocycles. The molecule has 0 radical (unpaired) electrons. The van der Waals surface area contributed by atoms with Crippen LogP contribution in [0.15, 0.2) is 18.2 Å². The van der Waals surface area contributed by atoms with Crippen LogP contribution < -0.4 is 0 Å². The van der Waals surface area contributed by atoms with Gasteiger partial charge in [-0.1, -0.05) is 6.07 Å². The fourth-order valence-electron chi connectivity index (χ4n) is 2.25. The third-order valence-corrected chi connectivity index (χ3v) is 3.14. The number of pyridine rings is 1. The molecule has 92 valence electrons. The lowest BCUT2D eigenvalue weighted by atomic mass is 10.1. The number of ether oxygens (including phenoxy) is 1. The summed E-state index contributed by atoms with van der Waals surface area (Å²) in [6.07, 6.45) is 0.887. The Morgan fingerprint density at radius 3 is 3.12 bits per heavy atom. The van der Waals surface area contributed by atoms with Gasteiger partial charge >= 0.3 is 5.97 Å². The minimum absolute atomic E-state index is 0.0322. The minimum atomic E-state index is -0.0929. The van der Waals surface area contributed by atoms with Crippen molar-refractivity contribution in [3.8, 4) is 0 Å². The van der Waals surface area contributed by atoms with Gasteiger partial charge in [0.25, 0.3) is 0 Å². The molecule has 2 heterocycles. The van der Waals surface area contributed by atoms with E-state index in [1.54, 1.807) is 0 Å². The van der Waals surface area contributed by atoms with Crippen LogP contribution in [0.1, 0.15) is 17.8 Å². The summed E-state index contributed by atoms with van der Waals surface area (Å²) < 4.78 is 4.77. The average molecular weight is 234 g/mol. The molecule has 0 bridgehead atoms. The van der Waals surface area contributed by atoms with E-state index < -0.39 is 0 Å². The molecule has 4 nitrogen and oxygen atoms in total. The van der Waals surface area contributed by atoms with E-state index in [0.717, 1.165) is 37.4 Å². The van der Waals surface area contributed by atoms with Crippen LogP contribution in [-0.2, 0) is 16.1 Å². The van der Waals surface area contributed by atoms with E-state index in [9.17, 15) is 4.79 Å². The molecule has 1 aromatic heterocycles. The zero-order valence-corrected chi connectivity index (χ0v) is 10.3. The van der Waals surface area contributed by atoms with Crippen LogP contribution in [0.4, 0.5) is 0 Å². The monoisotopic (exact) mass is 234 g/mol. The molecule has 1 atom stereocenters. The second-order valence-electron chi connectivity index (χ2n) is 4.51. The number of hydrogen-bond acceptors (Lipinski definition) is 4. The molecule has 0 N–H and O–H groups in total. The highest BCUT2D eigenvalue weighted by Gasteiger charge is 2.28. The van der Waals surface area contributed by atoms with Crippen molar-refractivity contribution in [3.63, 3.8) is 0 Å². The summed E-state index contributed by atoms with van der Waals surface area (Å²) in [7, 11) is 1.45. The van der Waals surface area contributed by atoms with Gasteiger partial charge in [-0.3, -0.25) is 14.7 Å². The van der Waals surface area contributed by atoms with Crippen LogP contribution in [0.3, 0.4) is 0 Å². The molecule has 4 heteroatoms. The first-order valence-corrected chi connectivity index (χ1v) is 5.92. The lowest BCUT2D eigenvalue weighted by Gasteiger charge is -2.15. The number of carbonyl (C=O) groups is 1. The van der Waals surface area contributed by atoms with Crippen LogP contribution in [0, 0.1) is 12.8 Å². The van der Waals surface area contributed by atoms with Crippen molar-refractivity contribution >= 4 is 5.97 Å². The Morgan fingerprint density at radius 2 is 2.41 bits per heavy atom. The van der Waals surface area contributed by atoms with Gasteiger partial charge in [-0.25, -0.2) is 0 Å². The van der Waals surface area contributed by atoms with Crippen LogP contribution in [0.25, 0.3) is 0 Å². The predicted molar refractivity (Wildman–Crippen MR) is 64.4 cm³/mol. The Labute approximate surface area is 102 Å². The lowest BCUT2D eigenvalue weighted by molar-refractivity contribution is -0.144. The maximum Gasteiger partial charge on any atom is 0.310 e. The van der Waals surface area contributed by atoms with Crippen molar-refractivity contribution in [1.82, 2.24) is 9.88 Å². The smallest absolute Gasteiger partial charge is 0.310 e. The first kappa shape index (κ1) is 12.0. The molecule has 1 aliphatic heterocycles. The number of aromatic nitrogens is 1. The van der Waals surface area contributed by atoms with Crippen molar-refractivity contribution in [2.75, 3.05) is 20.2 Å². The van der Waals surface area contributed by atoms with Crippen LogP contribution >= 0.6 is 0 Å². The zero-order valence-electron chi connectivity index (χ0n) is 10.3. The summed E-state index contributed by atoms with van der Waals surface area (Å²) >= 11 is 0. The highest BCUT2D eigenvalue weighted by atomic mass is 16.5.